The van der Waals surface area contributed by atoms with Crippen LogP contribution in [0.2, 0.25) is 0 Å². The average Bonchev–Trinajstić information content (AvgIpc) is 3.55. The first-order valence-electron chi connectivity index (χ1n) is 11.2. The van der Waals surface area contributed by atoms with Crippen LogP contribution in [0.1, 0.15) is 56.1 Å². The van der Waals surface area contributed by atoms with Crippen LogP contribution >= 0.6 is 12.2 Å². The van der Waals surface area contributed by atoms with Gasteiger partial charge in [-0.05, 0) is 93.4 Å². The minimum absolute atomic E-state index is 0.0129. The van der Waals surface area contributed by atoms with Crippen LogP contribution in [0.15, 0.2) is 67.0 Å². The van der Waals surface area contributed by atoms with E-state index in [-0.39, 0.29) is 12.1 Å². The van der Waals surface area contributed by atoms with Crippen LogP contribution in [-0.2, 0) is 6.54 Å². The number of pyridine rings is 1. The van der Waals surface area contributed by atoms with Gasteiger partial charge in [-0.15, -0.1) is 0 Å². The lowest BCUT2D eigenvalue weighted by molar-refractivity contribution is 0.210. The molecule has 2 atom stereocenters. The van der Waals surface area contributed by atoms with Gasteiger partial charge < -0.3 is 19.5 Å². The summed E-state index contributed by atoms with van der Waals surface area (Å²) in [4.78, 5) is 6.85. The molecule has 1 saturated heterocycles. The third-order valence-corrected chi connectivity index (χ3v) is 6.64. The molecule has 2 unspecified atom stereocenters. The number of aromatic nitrogens is 2. The second kappa shape index (κ2) is 8.71. The van der Waals surface area contributed by atoms with Crippen LogP contribution in [0, 0.1) is 0 Å². The molecule has 0 bridgehead atoms. The third-order valence-electron chi connectivity index (χ3n) is 6.33. The summed E-state index contributed by atoms with van der Waals surface area (Å²) in [7, 11) is 0. The van der Waals surface area contributed by atoms with Gasteiger partial charge in [0.25, 0.3) is 0 Å². The van der Waals surface area contributed by atoms with Crippen LogP contribution in [0.3, 0.4) is 0 Å². The van der Waals surface area contributed by atoms with Crippen LogP contribution in [0.25, 0.3) is 0 Å². The number of anilines is 1. The van der Waals surface area contributed by atoms with Crippen LogP contribution < -0.4 is 15.0 Å². The van der Waals surface area contributed by atoms with E-state index in [1.54, 1.807) is 0 Å². The molecule has 1 saturated carbocycles. The van der Waals surface area contributed by atoms with Gasteiger partial charge >= 0.3 is 0 Å². The first-order valence-corrected chi connectivity index (χ1v) is 11.6. The van der Waals surface area contributed by atoms with Crippen molar-refractivity contribution >= 4 is 23.0 Å². The lowest BCUT2D eigenvalue weighted by Crippen LogP contribution is -2.30. The predicted octanol–water partition coefficient (Wildman–Crippen LogP) is 5.40. The second-order valence-electron chi connectivity index (χ2n) is 8.23. The molecule has 3 aromatic rings. The van der Waals surface area contributed by atoms with Gasteiger partial charge in [0.1, 0.15) is 11.8 Å². The Morgan fingerprint density at radius 3 is 2.58 bits per heavy atom. The first kappa shape index (κ1) is 20.1. The zero-order chi connectivity index (χ0) is 21.2. The van der Waals surface area contributed by atoms with Gasteiger partial charge in [-0.2, -0.15) is 0 Å². The Kier molecular flexibility index (Phi) is 5.64. The van der Waals surface area contributed by atoms with Gasteiger partial charge in [-0.1, -0.05) is 6.07 Å². The summed E-state index contributed by atoms with van der Waals surface area (Å²) in [5.74, 6) is 0.934. The second-order valence-corrected chi connectivity index (χ2v) is 8.62. The van der Waals surface area contributed by atoms with Crippen molar-refractivity contribution < 1.29 is 4.74 Å². The first-order chi connectivity index (χ1) is 15.2. The topological polar surface area (TPSA) is 42.3 Å². The molecule has 1 N–H and O–H groups in total. The van der Waals surface area contributed by atoms with Crippen molar-refractivity contribution in [1.82, 2.24) is 14.9 Å². The molecular weight excluding hydrogens is 404 g/mol. The fraction of sp³-hybridized carbons (Fsp3) is 0.360. The molecule has 3 heterocycles. The summed E-state index contributed by atoms with van der Waals surface area (Å²) >= 11 is 5.83. The molecule has 2 aliphatic rings. The van der Waals surface area contributed by atoms with Gasteiger partial charge in [-0.3, -0.25) is 4.98 Å². The van der Waals surface area contributed by atoms with Crippen molar-refractivity contribution in [3.8, 4) is 5.75 Å². The molecule has 6 heteroatoms. The number of nitrogens with zero attached hydrogens (tertiary/aromatic N) is 3. The minimum atomic E-state index is -0.0247. The van der Waals surface area contributed by atoms with Crippen molar-refractivity contribution in [3.05, 3.63) is 78.4 Å². The zero-order valence-corrected chi connectivity index (χ0v) is 18.6. The van der Waals surface area contributed by atoms with Gasteiger partial charge in [0.15, 0.2) is 5.11 Å². The highest BCUT2D eigenvalue weighted by Gasteiger charge is 2.41. The molecule has 160 valence electrons. The smallest absolute Gasteiger partial charge is 0.174 e. The number of aryl methyl sites for hydroxylation is 1. The monoisotopic (exact) mass is 432 g/mol. The van der Waals surface area contributed by atoms with Gasteiger partial charge in [0.2, 0.25) is 0 Å². The number of rotatable bonds is 6. The molecule has 0 radical (unpaired) electrons. The van der Waals surface area contributed by atoms with Gasteiger partial charge in [-0.25, -0.2) is 0 Å². The molecule has 5 rings (SSSR count). The van der Waals surface area contributed by atoms with Crippen molar-refractivity contribution in [2.75, 3.05) is 4.90 Å². The van der Waals surface area contributed by atoms with E-state index in [1.165, 1.54) is 18.5 Å². The SMILES string of the molecule is CCn1cccc1C1C(c2ccccn2)NC(=S)N1c1ccc(OC2CCCC2)cc1. The number of nitrogens with one attached hydrogen (secondary N) is 1. The van der Waals surface area contributed by atoms with Crippen molar-refractivity contribution in [3.63, 3.8) is 0 Å². The molecule has 1 aliphatic carbocycles. The summed E-state index contributed by atoms with van der Waals surface area (Å²) in [6.45, 7) is 3.07. The highest BCUT2D eigenvalue weighted by molar-refractivity contribution is 7.80. The number of hydrogen-bond donors (Lipinski definition) is 1. The average molecular weight is 433 g/mol. The maximum atomic E-state index is 6.16. The maximum Gasteiger partial charge on any atom is 0.174 e. The summed E-state index contributed by atoms with van der Waals surface area (Å²) in [6, 6.07) is 18.7. The van der Waals surface area contributed by atoms with E-state index in [1.807, 2.05) is 18.3 Å². The summed E-state index contributed by atoms with van der Waals surface area (Å²) in [6.07, 6.45) is 9.17. The Balaban J connectivity index is 1.49. The van der Waals surface area contributed by atoms with Crippen LogP contribution in [0.4, 0.5) is 5.69 Å². The van der Waals surface area contributed by atoms with Crippen LogP contribution in [0.5, 0.6) is 5.75 Å². The van der Waals surface area contributed by atoms with E-state index < -0.39 is 0 Å². The molecular formula is C25H28N4OS. The normalized spacial score (nSPS) is 21.5. The van der Waals surface area contributed by atoms with Gasteiger partial charge in [0, 0.05) is 30.3 Å². The van der Waals surface area contributed by atoms with Gasteiger partial charge in [0.05, 0.1) is 17.8 Å². The third kappa shape index (κ3) is 3.92. The molecule has 31 heavy (non-hydrogen) atoms. The van der Waals surface area contributed by atoms with E-state index in [4.69, 9.17) is 17.0 Å². The molecule has 1 aromatic carbocycles. The zero-order valence-electron chi connectivity index (χ0n) is 17.8. The molecule has 2 fully saturated rings. The van der Waals surface area contributed by atoms with Crippen molar-refractivity contribution in [2.45, 2.75) is 57.3 Å². The molecule has 1 aliphatic heterocycles. The van der Waals surface area contributed by atoms with E-state index in [0.29, 0.717) is 11.2 Å². The van der Waals surface area contributed by atoms with Crippen molar-refractivity contribution in [1.29, 1.82) is 0 Å². The largest absolute Gasteiger partial charge is 0.490 e. The fourth-order valence-electron chi connectivity index (χ4n) is 4.80. The number of thiocarbonyl (C=S) groups is 1. The Morgan fingerprint density at radius 1 is 1.06 bits per heavy atom. The van der Waals surface area contributed by atoms with Crippen LogP contribution in [-0.4, -0.2) is 20.8 Å². The summed E-state index contributed by atoms with van der Waals surface area (Å²) in [5, 5.41) is 4.25. The Morgan fingerprint density at radius 2 is 1.87 bits per heavy atom. The molecule has 5 nitrogen and oxygen atoms in total. The van der Waals surface area contributed by atoms with Crippen molar-refractivity contribution in [2.24, 2.45) is 0 Å². The highest BCUT2D eigenvalue weighted by atomic mass is 32.1. The lowest BCUT2D eigenvalue weighted by Gasteiger charge is -2.29. The number of hydrogen-bond acceptors (Lipinski definition) is 3. The molecule has 0 amide bonds. The lowest BCUT2D eigenvalue weighted by atomic mass is 10.0. The standard InChI is InChI=1S/C25H28N4OS/c1-2-28-17-7-11-22(28)24-23(21-10-5-6-16-26-21)27-25(31)29(24)18-12-14-20(15-13-18)30-19-8-3-4-9-19/h5-7,10-17,19,23-24H,2-4,8-9H2,1H3,(H,27,31). The fourth-order valence-corrected chi connectivity index (χ4v) is 5.15. The minimum Gasteiger partial charge on any atom is -0.490 e. The number of ether oxygens (including phenoxy) is 1. The Labute approximate surface area is 189 Å². The predicted molar refractivity (Wildman–Crippen MR) is 127 cm³/mol. The molecule has 2 aromatic heterocycles. The van der Waals surface area contributed by atoms with E-state index in [9.17, 15) is 0 Å². The maximum absolute atomic E-state index is 6.16. The molecule has 0 spiro atoms. The Bertz CT molecular complexity index is 1030. The van der Waals surface area contributed by atoms with E-state index in [0.717, 1.165) is 36.5 Å². The quantitative estimate of drug-likeness (QED) is 0.528. The number of benzene rings is 1. The van der Waals surface area contributed by atoms with E-state index in [2.05, 4.69) is 75.4 Å². The Hall–Kier alpha value is -2.86. The highest BCUT2D eigenvalue weighted by Crippen LogP contribution is 2.42. The van der Waals surface area contributed by atoms with E-state index >= 15 is 0 Å². The summed E-state index contributed by atoms with van der Waals surface area (Å²) < 4.78 is 8.44. The summed E-state index contributed by atoms with van der Waals surface area (Å²) in [5.41, 5.74) is 3.27.